The first kappa shape index (κ1) is 14.3. The molecule has 0 saturated carbocycles. The molecule has 0 saturated heterocycles. The predicted molar refractivity (Wildman–Crippen MR) is 83.0 cm³/mol. The van der Waals surface area contributed by atoms with Gasteiger partial charge in [0.2, 0.25) is 0 Å². The summed E-state index contributed by atoms with van der Waals surface area (Å²) in [5, 5.41) is 10.8. The third-order valence-electron chi connectivity index (χ3n) is 2.41. The van der Waals surface area contributed by atoms with E-state index in [2.05, 4.69) is 15.7 Å². The summed E-state index contributed by atoms with van der Waals surface area (Å²) >= 11 is 11.0. The van der Waals surface area contributed by atoms with Gasteiger partial charge < -0.3 is 16.4 Å². The van der Waals surface area contributed by atoms with Gasteiger partial charge in [0.05, 0.1) is 5.69 Å². The number of aryl methyl sites for hydroxylation is 1. The molecule has 0 aliphatic carbocycles. The number of amides is 1. The molecule has 0 bridgehead atoms. The fourth-order valence-corrected chi connectivity index (χ4v) is 1.93. The average molecular weight is 310 g/mol. The van der Waals surface area contributed by atoms with Crippen LogP contribution >= 0.6 is 23.8 Å². The van der Waals surface area contributed by atoms with Gasteiger partial charge in [-0.2, -0.15) is 5.10 Å². The van der Waals surface area contributed by atoms with Crippen molar-refractivity contribution in [2.75, 3.05) is 10.6 Å². The van der Waals surface area contributed by atoms with Gasteiger partial charge in [0.1, 0.15) is 0 Å². The minimum Gasteiger partial charge on any atom is -0.364 e. The maximum Gasteiger partial charge on any atom is 0.271 e. The van der Waals surface area contributed by atoms with E-state index in [1.54, 1.807) is 37.5 Å². The summed E-state index contributed by atoms with van der Waals surface area (Å²) in [6, 6.07) is 7.06. The molecule has 0 atom stereocenters. The van der Waals surface area contributed by atoms with Crippen LogP contribution in [0.25, 0.3) is 0 Å². The highest BCUT2D eigenvalue weighted by Crippen LogP contribution is 2.15. The minimum absolute atomic E-state index is 0.132. The lowest BCUT2D eigenvalue weighted by Gasteiger charge is -2.09. The van der Waals surface area contributed by atoms with Crippen molar-refractivity contribution >= 4 is 46.2 Å². The van der Waals surface area contributed by atoms with E-state index in [4.69, 9.17) is 29.6 Å². The standard InChI is InChI=1S/C12H12ClN5OS/c1-18-6-9(10(17-18)11(14)19)16-12(20)15-8-4-2-7(13)3-5-8/h2-6H,1H3,(H2,14,19)(H2,15,16,20). The van der Waals surface area contributed by atoms with Crippen LogP contribution in [0, 0.1) is 0 Å². The Hall–Kier alpha value is -2.12. The summed E-state index contributed by atoms with van der Waals surface area (Å²) in [4.78, 5) is 11.2. The van der Waals surface area contributed by atoms with Gasteiger partial charge in [-0.15, -0.1) is 0 Å². The first-order valence-corrected chi connectivity index (χ1v) is 6.41. The molecule has 2 rings (SSSR count). The van der Waals surface area contributed by atoms with Gasteiger partial charge >= 0.3 is 0 Å². The van der Waals surface area contributed by atoms with Crippen LogP contribution in [0.2, 0.25) is 5.02 Å². The zero-order valence-electron chi connectivity index (χ0n) is 10.6. The Balaban J connectivity index is 2.08. The monoisotopic (exact) mass is 309 g/mol. The maximum atomic E-state index is 11.2. The highest BCUT2D eigenvalue weighted by molar-refractivity contribution is 7.80. The fourth-order valence-electron chi connectivity index (χ4n) is 1.58. The Kier molecular flexibility index (Phi) is 4.21. The zero-order valence-corrected chi connectivity index (χ0v) is 12.1. The quantitative estimate of drug-likeness (QED) is 0.755. The molecule has 0 radical (unpaired) electrons. The lowest BCUT2D eigenvalue weighted by atomic mass is 10.3. The van der Waals surface area contributed by atoms with Gasteiger partial charge in [0, 0.05) is 24.0 Å². The van der Waals surface area contributed by atoms with E-state index in [0.717, 1.165) is 5.69 Å². The molecule has 4 N–H and O–H groups in total. The number of benzene rings is 1. The zero-order chi connectivity index (χ0) is 14.7. The van der Waals surface area contributed by atoms with Crippen molar-refractivity contribution in [2.45, 2.75) is 0 Å². The molecule has 8 heteroatoms. The van der Waals surface area contributed by atoms with Crippen molar-refractivity contribution in [1.29, 1.82) is 0 Å². The molecule has 1 heterocycles. The number of hydrogen-bond donors (Lipinski definition) is 3. The lowest BCUT2D eigenvalue weighted by molar-refractivity contribution is 0.0995. The molecule has 2 aromatic rings. The molecule has 0 unspecified atom stereocenters. The van der Waals surface area contributed by atoms with Crippen LogP contribution in [0.5, 0.6) is 0 Å². The van der Waals surface area contributed by atoms with Gasteiger partial charge in [-0.05, 0) is 36.5 Å². The Morgan fingerprint density at radius 2 is 2.00 bits per heavy atom. The van der Waals surface area contributed by atoms with Crippen LogP contribution in [0.15, 0.2) is 30.5 Å². The van der Waals surface area contributed by atoms with Crippen LogP contribution in [0.3, 0.4) is 0 Å². The topological polar surface area (TPSA) is 85.0 Å². The molecule has 0 spiro atoms. The first-order chi connectivity index (χ1) is 9.45. The SMILES string of the molecule is Cn1cc(NC(=S)Nc2ccc(Cl)cc2)c(C(N)=O)n1. The summed E-state index contributed by atoms with van der Waals surface area (Å²) in [5.74, 6) is -0.623. The van der Waals surface area contributed by atoms with Crippen LogP contribution < -0.4 is 16.4 Å². The number of rotatable bonds is 3. The number of thiocarbonyl (C=S) groups is 1. The molecule has 0 aliphatic heterocycles. The number of nitrogens with two attached hydrogens (primary N) is 1. The van der Waals surface area contributed by atoms with Crippen molar-refractivity contribution in [3.05, 3.63) is 41.2 Å². The number of nitrogens with zero attached hydrogens (tertiary/aromatic N) is 2. The largest absolute Gasteiger partial charge is 0.364 e. The number of hydrogen-bond acceptors (Lipinski definition) is 3. The number of nitrogens with one attached hydrogen (secondary N) is 2. The van der Waals surface area contributed by atoms with Gasteiger partial charge in [0.15, 0.2) is 10.8 Å². The van der Waals surface area contributed by atoms with E-state index in [9.17, 15) is 4.79 Å². The first-order valence-electron chi connectivity index (χ1n) is 5.62. The molecular formula is C12H12ClN5OS. The van der Waals surface area contributed by atoms with Crippen molar-refractivity contribution in [2.24, 2.45) is 12.8 Å². The lowest BCUT2D eigenvalue weighted by Crippen LogP contribution is -2.21. The summed E-state index contributed by atoms with van der Waals surface area (Å²) in [6.45, 7) is 0. The predicted octanol–water partition coefficient (Wildman–Crippen LogP) is 1.98. The third kappa shape index (κ3) is 3.46. The molecular weight excluding hydrogens is 298 g/mol. The van der Waals surface area contributed by atoms with Gasteiger partial charge in [-0.3, -0.25) is 9.48 Å². The van der Waals surface area contributed by atoms with E-state index in [1.807, 2.05) is 0 Å². The Morgan fingerprint density at radius 3 is 2.60 bits per heavy atom. The number of aromatic nitrogens is 2. The van der Waals surface area contributed by atoms with Crippen molar-refractivity contribution in [3.8, 4) is 0 Å². The molecule has 6 nitrogen and oxygen atoms in total. The van der Waals surface area contributed by atoms with Gasteiger partial charge in [-0.25, -0.2) is 0 Å². The third-order valence-corrected chi connectivity index (χ3v) is 2.87. The fraction of sp³-hybridized carbons (Fsp3) is 0.0833. The molecule has 1 aromatic carbocycles. The van der Waals surface area contributed by atoms with Crippen LogP contribution in [0.1, 0.15) is 10.5 Å². The Morgan fingerprint density at radius 1 is 1.35 bits per heavy atom. The average Bonchev–Trinajstić information content (AvgIpc) is 2.73. The highest BCUT2D eigenvalue weighted by atomic mass is 35.5. The van der Waals surface area contributed by atoms with Gasteiger partial charge in [0.25, 0.3) is 5.91 Å². The molecule has 1 amide bonds. The van der Waals surface area contributed by atoms with Crippen molar-refractivity contribution in [1.82, 2.24) is 9.78 Å². The van der Waals surface area contributed by atoms with Crippen molar-refractivity contribution in [3.63, 3.8) is 0 Å². The number of halogens is 1. The second-order valence-electron chi connectivity index (χ2n) is 4.02. The van der Waals surface area contributed by atoms with E-state index in [1.165, 1.54) is 4.68 Å². The van der Waals surface area contributed by atoms with E-state index in [0.29, 0.717) is 15.8 Å². The van der Waals surface area contributed by atoms with E-state index >= 15 is 0 Å². The summed E-state index contributed by atoms with van der Waals surface area (Å²) in [5.41, 5.74) is 6.60. The van der Waals surface area contributed by atoms with Crippen molar-refractivity contribution < 1.29 is 4.79 Å². The summed E-state index contributed by atoms with van der Waals surface area (Å²) in [7, 11) is 1.69. The number of carbonyl (C=O) groups excluding carboxylic acids is 1. The van der Waals surface area contributed by atoms with E-state index < -0.39 is 5.91 Å². The number of carbonyl (C=O) groups is 1. The second kappa shape index (κ2) is 5.89. The molecule has 20 heavy (non-hydrogen) atoms. The maximum absolute atomic E-state index is 11.2. The smallest absolute Gasteiger partial charge is 0.271 e. The number of primary amides is 1. The summed E-state index contributed by atoms with van der Waals surface area (Å²) < 4.78 is 1.48. The second-order valence-corrected chi connectivity index (χ2v) is 4.86. The van der Waals surface area contributed by atoms with Crippen LogP contribution in [0.4, 0.5) is 11.4 Å². The van der Waals surface area contributed by atoms with E-state index in [-0.39, 0.29) is 5.69 Å². The van der Waals surface area contributed by atoms with Crippen LogP contribution in [-0.2, 0) is 7.05 Å². The molecule has 1 aromatic heterocycles. The number of anilines is 2. The Bertz CT molecular complexity index is 652. The Labute approximate surface area is 125 Å². The highest BCUT2D eigenvalue weighted by Gasteiger charge is 2.13. The molecule has 0 aliphatic rings. The van der Waals surface area contributed by atoms with Crippen LogP contribution in [-0.4, -0.2) is 20.8 Å². The molecule has 0 fully saturated rings. The normalized spacial score (nSPS) is 10.1. The molecule has 104 valence electrons. The summed E-state index contributed by atoms with van der Waals surface area (Å²) in [6.07, 6.45) is 1.62. The minimum atomic E-state index is -0.623. The van der Waals surface area contributed by atoms with Gasteiger partial charge in [-0.1, -0.05) is 11.6 Å².